The Morgan fingerprint density at radius 2 is 2.29 bits per heavy atom. The quantitative estimate of drug-likeness (QED) is 0.786. The van der Waals surface area contributed by atoms with E-state index in [0.29, 0.717) is 17.9 Å². The molecule has 1 aromatic carbocycles. The van der Waals surface area contributed by atoms with Crippen LogP contribution in [0.5, 0.6) is 5.75 Å². The summed E-state index contributed by atoms with van der Waals surface area (Å²) in [5.74, 6) is 0.441. The summed E-state index contributed by atoms with van der Waals surface area (Å²) in [6.45, 7) is 2.61. The van der Waals surface area contributed by atoms with Crippen LogP contribution in [-0.2, 0) is 6.42 Å². The fourth-order valence-corrected chi connectivity index (χ4v) is 2.40. The van der Waals surface area contributed by atoms with Gasteiger partial charge in [-0.15, -0.1) is 0 Å². The molecule has 0 aliphatic heterocycles. The molecule has 2 aromatic rings. The van der Waals surface area contributed by atoms with Crippen LogP contribution in [0.3, 0.4) is 0 Å². The SMILES string of the molecule is COc1cc(Br)ccc1C(=O)NCCCc1cn[nH]c1C. The molecule has 0 aliphatic rings. The van der Waals surface area contributed by atoms with Crippen LogP contribution >= 0.6 is 15.9 Å². The number of carbonyl (C=O) groups excluding carboxylic acids is 1. The van der Waals surface area contributed by atoms with E-state index < -0.39 is 0 Å². The van der Waals surface area contributed by atoms with E-state index in [1.54, 1.807) is 19.2 Å². The Kier molecular flexibility index (Phi) is 5.38. The van der Waals surface area contributed by atoms with Crippen LogP contribution in [0, 0.1) is 6.92 Å². The molecule has 0 atom stereocenters. The first-order valence-corrected chi connectivity index (χ1v) is 7.51. The number of hydrogen-bond acceptors (Lipinski definition) is 3. The number of rotatable bonds is 6. The molecule has 0 saturated heterocycles. The van der Waals surface area contributed by atoms with Gasteiger partial charge in [-0.1, -0.05) is 15.9 Å². The second-order valence-corrected chi connectivity index (χ2v) is 5.64. The molecule has 0 fully saturated rings. The summed E-state index contributed by atoms with van der Waals surface area (Å²) in [5, 5.41) is 9.80. The standard InChI is InChI=1S/C15H18BrN3O2/c1-10-11(9-18-19-10)4-3-7-17-15(20)13-6-5-12(16)8-14(13)21-2/h5-6,8-9H,3-4,7H2,1-2H3,(H,17,20)(H,18,19). The Morgan fingerprint density at radius 1 is 1.48 bits per heavy atom. The molecule has 0 saturated carbocycles. The van der Waals surface area contributed by atoms with Gasteiger partial charge in [0.25, 0.3) is 5.91 Å². The maximum absolute atomic E-state index is 12.1. The van der Waals surface area contributed by atoms with Gasteiger partial charge in [-0.2, -0.15) is 5.10 Å². The van der Waals surface area contributed by atoms with Crippen molar-refractivity contribution in [3.8, 4) is 5.75 Å². The third-order valence-corrected chi connectivity index (χ3v) is 3.74. The third kappa shape index (κ3) is 4.07. The summed E-state index contributed by atoms with van der Waals surface area (Å²) >= 11 is 3.36. The van der Waals surface area contributed by atoms with E-state index in [0.717, 1.165) is 23.0 Å². The lowest BCUT2D eigenvalue weighted by Gasteiger charge is -2.09. The zero-order chi connectivity index (χ0) is 15.2. The van der Waals surface area contributed by atoms with Crippen molar-refractivity contribution in [1.82, 2.24) is 15.5 Å². The molecule has 2 N–H and O–H groups in total. The highest BCUT2D eigenvalue weighted by molar-refractivity contribution is 9.10. The van der Waals surface area contributed by atoms with Crippen molar-refractivity contribution in [1.29, 1.82) is 0 Å². The second-order valence-electron chi connectivity index (χ2n) is 4.72. The van der Waals surface area contributed by atoms with Crippen LogP contribution in [0.1, 0.15) is 28.0 Å². The molecule has 21 heavy (non-hydrogen) atoms. The Bertz CT molecular complexity index is 625. The average molecular weight is 352 g/mol. The number of aromatic nitrogens is 2. The predicted molar refractivity (Wildman–Crippen MR) is 84.7 cm³/mol. The third-order valence-electron chi connectivity index (χ3n) is 3.25. The Morgan fingerprint density at radius 3 is 2.95 bits per heavy atom. The molecule has 1 amide bonds. The number of ether oxygens (including phenoxy) is 1. The number of H-pyrrole nitrogens is 1. The molecule has 2 rings (SSSR count). The number of benzene rings is 1. The number of nitrogens with one attached hydrogen (secondary N) is 2. The highest BCUT2D eigenvalue weighted by Gasteiger charge is 2.12. The van der Waals surface area contributed by atoms with Crippen molar-refractivity contribution >= 4 is 21.8 Å². The normalized spacial score (nSPS) is 10.4. The van der Waals surface area contributed by atoms with E-state index in [1.807, 2.05) is 19.2 Å². The lowest BCUT2D eigenvalue weighted by Crippen LogP contribution is -2.25. The van der Waals surface area contributed by atoms with E-state index in [2.05, 4.69) is 31.4 Å². The summed E-state index contributed by atoms with van der Waals surface area (Å²) < 4.78 is 6.11. The lowest BCUT2D eigenvalue weighted by molar-refractivity contribution is 0.0950. The largest absolute Gasteiger partial charge is 0.496 e. The summed E-state index contributed by atoms with van der Waals surface area (Å²) in [6, 6.07) is 5.36. The van der Waals surface area contributed by atoms with E-state index in [9.17, 15) is 4.79 Å². The van der Waals surface area contributed by atoms with E-state index in [1.165, 1.54) is 5.56 Å². The molecule has 0 aliphatic carbocycles. The van der Waals surface area contributed by atoms with Gasteiger partial charge in [0.2, 0.25) is 0 Å². The summed E-state index contributed by atoms with van der Waals surface area (Å²) in [4.78, 5) is 12.1. The van der Waals surface area contributed by atoms with Crippen molar-refractivity contribution in [3.05, 3.63) is 45.7 Å². The summed E-state index contributed by atoms with van der Waals surface area (Å²) in [5.41, 5.74) is 2.81. The molecule has 1 aromatic heterocycles. The number of aryl methyl sites for hydroxylation is 2. The average Bonchev–Trinajstić information content (AvgIpc) is 2.88. The van der Waals surface area contributed by atoms with Gasteiger partial charge in [0.1, 0.15) is 5.75 Å². The van der Waals surface area contributed by atoms with Gasteiger partial charge in [-0.25, -0.2) is 0 Å². The number of aromatic amines is 1. The van der Waals surface area contributed by atoms with E-state index in [-0.39, 0.29) is 5.91 Å². The van der Waals surface area contributed by atoms with E-state index in [4.69, 9.17) is 4.74 Å². The highest BCUT2D eigenvalue weighted by atomic mass is 79.9. The van der Waals surface area contributed by atoms with Crippen molar-refractivity contribution in [2.75, 3.05) is 13.7 Å². The van der Waals surface area contributed by atoms with Gasteiger partial charge < -0.3 is 10.1 Å². The van der Waals surface area contributed by atoms with Crippen LogP contribution in [0.4, 0.5) is 0 Å². The minimum Gasteiger partial charge on any atom is -0.496 e. The molecule has 5 nitrogen and oxygen atoms in total. The Labute approximate surface area is 132 Å². The maximum Gasteiger partial charge on any atom is 0.255 e. The number of hydrogen-bond donors (Lipinski definition) is 2. The predicted octanol–water partition coefficient (Wildman–Crippen LogP) is 2.85. The van der Waals surface area contributed by atoms with Crippen molar-refractivity contribution < 1.29 is 9.53 Å². The monoisotopic (exact) mass is 351 g/mol. The maximum atomic E-state index is 12.1. The van der Waals surface area contributed by atoms with Crippen molar-refractivity contribution in [2.24, 2.45) is 0 Å². The molecular weight excluding hydrogens is 334 g/mol. The van der Waals surface area contributed by atoms with Gasteiger partial charge in [0, 0.05) is 16.7 Å². The van der Waals surface area contributed by atoms with Crippen LogP contribution in [0.15, 0.2) is 28.9 Å². The van der Waals surface area contributed by atoms with Crippen LogP contribution < -0.4 is 10.1 Å². The van der Waals surface area contributed by atoms with Crippen LogP contribution in [0.2, 0.25) is 0 Å². The second kappa shape index (κ2) is 7.26. The molecule has 0 bridgehead atoms. The fourth-order valence-electron chi connectivity index (χ4n) is 2.06. The molecule has 0 unspecified atom stereocenters. The minimum atomic E-state index is -0.122. The number of amides is 1. The fraction of sp³-hybridized carbons (Fsp3) is 0.333. The van der Waals surface area contributed by atoms with Gasteiger partial charge in [-0.3, -0.25) is 9.89 Å². The number of methoxy groups -OCH3 is 1. The zero-order valence-corrected chi connectivity index (χ0v) is 13.7. The van der Waals surface area contributed by atoms with Crippen LogP contribution in [-0.4, -0.2) is 29.8 Å². The summed E-state index contributed by atoms with van der Waals surface area (Å²) in [6.07, 6.45) is 3.58. The number of carbonyl (C=O) groups is 1. The lowest BCUT2D eigenvalue weighted by atomic mass is 10.1. The van der Waals surface area contributed by atoms with Gasteiger partial charge in [-0.05, 0) is 43.5 Å². The molecule has 112 valence electrons. The number of halogens is 1. The molecule has 6 heteroatoms. The molecule has 1 heterocycles. The molecular formula is C15H18BrN3O2. The Hall–Kier alpha value is -1.82. The first-order valence-electron chi connectivity index (χ1n) is 6.72. The molecule has 0 spiro atoms. The minimum absolute atomic E-state index is 0.122. The smallest absolute Gasteiger partial charge is 0.255 e. The summed E-state index contributed by atoms with van der Waals surface area (Å²) in [7, 11) is 1.56. The number of nitrogens with zero attached hydrogens (tertiary/aromatic N) is 1. The zero-order valence-electron chi connectivity index (χ0n) is 12.1. The van der Waals surface area contributed by atoms with Gasteiger partial charge in [0.05, 0.1) is 18.9 Å². The van der Waals surface area contributed by atoms with Gasteiger partial charge >= 0.3 is 0 Å². The topological polar surface area (TPSA) is 67.0 Å². The van der Waals surface area contributed by atoms with Gasteiger partial charge in [0.15, 0.2) is 0 Å². The highest BCUT2D eigenvalue weighted by Crippen LogP contribution is 2.23. The first-order chi connectivity index (χ1) is 10.1. The van der Waals surface area contributed by atoms with Crippen molar-refractivity contribution in [2.45, 2.75) is 19.8 Å². The Balaban J connectivity index is 1.86. The van der Waals surface area contributed by atoms with E-state index >= 15 is 0 Å². The first kappa shape index (κ1) is 15.6. The van der Waals surface area contributed by atoms with Crippen LogP contribution in [0.25, 0.3) is 0 Å². The van der Waals surface area contributed by atoms with Crippen molar-refractivity contribution in [3.63, 3.8) is 0 Å². The molecule has 0 radical (unpaired) electrons.